The highest BCUT2D eigenvalue weighted by Crippen LogP contribution is 2.18. The molecule has 10 heteroatoms. The van der Waals surface area contributed by atoms with E-state index >= 15 is 0 Å². The van der Waals surface area contributed by atoms with Gasteiger partial charge in [-0.3, -0.25) is 4.99 Å². The van der Waals surface area contributed by atoms with E-state index in [1.54, 1.807) is 12.1 Å². The molecule has 4 rings (SSSR count). The van der Waals surface area contributed by atoms with Crippen LogP contribution in [0, 0.1) is 12.7 Å². The number of aromatic nitrogens is 3. The van der Waals surface area contributed by atoms with E-state index in [4.69, 9.17) is 5.73 Å². The van der Waals surface area contributed by atoms with E-state index < -0.39 is 27.8 Å². The van der Waals surface area contributed by atoms with Crippen molar-refractivity contribution in [1.29, 1.82) is 0 Å². The number of nitrogen functional groups attached to an aromatic ring is 1. The summed E-state index contributed by atoms with van der Waals surface area (Å²) >= 11 is 0. The van der Waals surface area contributed by atoms with Crippen molar-refractivity contribution in [2.24, 2.45) is 4.99 Å². The van der Waals surface area contributed by atoms with Gasteiger partial charge < -0.3 is 5.73 Å². The van der Waals surface area contributed by atoms with E-state index in [2.05, 4.69) is 15.0 Å². The van der Waals surface area contributed by atoms with Gasteiger partial charge in [0.25, 0.3) is 10.0 Å². The molecule has 0 spiro atoms. The first kappa shape index (κ1) is 18.2. The van der Waals surface area contributed by atoms with Gasteiger partial charge in [-0.05, 0) is 25.1 Å². The molecule has 1 unspecified atom stereocenters. The highest BCUT2D eigenvalue weighted by molar-refractivity contribution is 7.90. The molecule has 0 amide bonds. The van der Waals surface area contributed by atoms with Crippen molar-refractivity contribution in [3.05, 3.63) is 58.7 Å². The van der Waals surface area contributed by atoms with E-state index in [0.717, 1.165) is 15.7 Å². The zero-order valence-corrected chi connectivity index (χ0v) is 15.5. The minimum Gasteiger partial charge on any atom is -0.381 e. The van der Waals surface area contributed by atoms with Crippen LogP contribution in [0.15, 0.2) is 46.5 Å². The molecule has 2 aromatic heterocycles. The maximum atomic E-state index is 13.9. The third-order valence-corrected chi connectivity index (χ3v) is 6.00. The number of anilines is 1. The fraction of sp³-hybridized carbons (Fsp3) is 0.167. The quantitative estimate of drug-likeness (QED) is 0.702. The predicted octanol–water partition coefficient (Wildman–Crippen LogP) is 0.964. The van der Waals surface area contributed by atoms with Crippen LogP contribution in [0.2, 0.25) is 0 Å². The summed E-state index contributed by atoms with van der Waals surface area (Å²) < 4.78 is 54.6. The first-order valence-corrected chi connectivity index (χ1v) is 9.74. The van der Waals surface area contributed by atoms with Gasteiger partial charge in [-0.15, -0.1) is 0 Å². The number of fused-ring (bicyclic) bond motifs is 1. The molecule has 2 N–H and O–H groups in total. The molecule has 0 fully saturated rings. The largest absolute Gasteiger partial charge is 0.381 e. The van der Waals surface area contributed by atoms with Crippen molar-refractivity contribution in [3.63, 3.8) is 0 Å². The predicted molar refractivity (Wildman–Crippen MR) is 98.6 cm³/mol. The molecular weight excluding hydrogens is 388 g/mol. The summed E-state index contributed by atoms with van der Waals surface area (Å²) in [5, 5.41) is 0.223. The molecule has 0 bridgehead atoms. The summed E-state index contributed by atoms with van der Waals surface area (Å²) in [5.74, 6) is -1.22. The van der Waals surface area contributed by atoms with Crippen LogP contribution < -0.4 is 16.4 Å². The first-order valence-electron chi connectivity index (χ1n) is 8.30. The Morgan fingerprint density at radius 1 is 1.25 bits per heavy atom. The van der Waals surface area contributed by atoms with Crippen molar-refractivity contribution < 1.29 is 17.2 Å². The van der Waals surface area contributed by atoms with Gasteiger partial charge in [-0.2, -0.15) is 0 Å². The second kappa shape index (κ2) is 6.48. The standard InChI is InChI=1S/C18H15F2N5O2S/c1-10-2-4-12(5-3-10)28(26,27)25-9-14(13-6-11(19)7-23-18(13)25)17-22-8-15(20)16(21)24-17/h2-6,8-9,11H,7H2,1H3,(H2,21,22,24). The fourth-order valence-electron chi connectivity index (χ4n) is 2.91. The minimum absolute atomic E-state index is 0.0199. The molecular formula is C18H15F2N5O2S. The van der Waals surface area contributed by atoms with Crippen LogP contribution in [-0.4, -0.2) is 35.1 Å². The Morgan fingerprint density at radius 3 is 2.64 bits per heavy atom. The summed E-state index contributed by atoms with van der Waals surface area (Å²) in [4.78, 5) is 11.9. The summed E-state index contributed by atoms with van der Waals surface area (Å²) in [6, 6.07) is 6.31. The lowest BCUT2D eigenvalue weighted by Crippen LogP contribution is -2.38. The van der Waals surface area contributed by atoms with Crippen LogP contribution in [0.5, 0.6) is 0 Å². The van der Waals surface area contributed by atoms with Gasteiger partial charge in [0.15, 0.2) is 17.5 Å². The van der Waals surface area contributed by atoms with Crippen molar-refractivity contribution in [2.75, 3.05) is 12.3 Å². The fourth-order valence-corrected chi connectivity index (χ4v) is 4.24. The average molecular weight is 403 g/mol. The highest BCUT2D eigenvalue weighted by Gasteiger charge is 2.24. The van der Waals surface area contributed by atoms with E-state index in [1.165, 1.54) is 24.4 Å². The van der Waals surface area contributed by atoms with Crippen LogP contribution in [0.25, 0.3) is 17.5 Å². The van der Waals surface area contributed by atoms with Gasteiger partial charge in [0.05, 0.1) is 17.6 Å². The number of nitrogens with two attached hydrogens (primary N) is 1. The molecule has 1 atom stereocenters. The Balaban J connectivity index is 1.99. The van der Waals surface area contributed by atoms with Gasteiger partial charge in [0, 0.05) is 17.0 Å². The molecule has 0 saturated carbocycles. The summed E-state index contributed by atoms with van der Waals surface area (Å²) in [6.45, 7) is 1.64. The summed E-state index contributed by atoms with van der Waals surface area (Å²) in [6.07, 6.45) is 2.00. The monoisotopic (exact) mass is 403 g/mol. The van der Waals surface area contributed by atoms with Crippen molar-refractivity contribution in [3.8, 4) is 11.4 Å². The lowest BCUT2D eigenvalue weighted by Gasteiger charge is -2.08. The van der Waals surface area contributed by atoms with Gasteiger partial charge in [0.1, 0.15) is 11.7 Å². The summed E-state index contributed by atoms with van der Waals surface area (Å²) in [5.41, 5.74) is 6.67. The number of hydrogen-bond acceptors (Lipinski definition) is 6. The van der Waals surface area contributed by atoms with Crippen LogP contribution in [0.1, 0.15) is 5.56 Å². The Bertz CT molecular complexity index is 1300. The maximum absolute atomic E-state index is 13.9. The average Bonchev–Trinajstić information content (AvgIpc) is 3.04. The molecule has 1 aliphatic rings. The van der Waals surface area contributed by atoms with E-state index in [0.29, 0.717) is 0 Å². The number of rotatable bonds is 3. The Hall–Kier alpha value is -3.14. The van der Waals surface area contributed by atoms with Crippen molar-refractivity contribution >= 4 is 21.9 Å². The second-order valence-electron chi connectivity index (χ2n) is 6.34. The molecule has 0 saturated heterocycles. The molecule has 1 aliphatic heterocycles. The van der Waals surface area contributed by atoms with Gasteiger partial charge >= 0.3 is 0 Å². The first-order chi connectivity index (χ1) is 13.3. The normalized spacial score (nSPS) is 16.2. The van der Waals surface area contributed by atoms with Gasteiger partial charge in [-0.1, -0.05) is 17.7 Å². The third-order valence-electron chi connectivity index (χ3n) is 4.34. The molecule has 28 heavy (non-hydrogen) atoms. The lowest BCUT2D eigenvalue weighted by molar-refractivity contribution is 0.421. The zero-order chi connectivity index (χ0) is 20.1. The van der Waals surface area contributed by atoms with Crippen LogP contribution in [0.3, 0.4) is 0 Å². The zero-order valence-electron chi connectivity index (χ0n) is 14.7. The van der Waals surface area contributed by atoms with Crippen LogP contribution >= 0.6 is 0 Å². The lowest BCUT2D eigenvalue weighted by atomic mass is 10.2. The molecule has 3 aromatic rings. The van der Waals surface area contributed by atoms with E-state index in [-0.39, 0.29) is 33.5 Å². The van der Waals surface area contributed by atoms with Gasteiger partial charge in [-0.25, -0.2) is 31.1 Å². The molecule has 0 aliphatic carbocycles. The van der Waals surface area contributed by atoms with Crippen molar-refractivity contribution in [2.45, 2.75) is 18.0 Å². The molecule has 7 nitrogen and oxygen atoms in total. The summed E-state index contributed by atoms with van der Waals surface area (Å²) in [7, 11) is -4.00. The van der Waals surface area contributed by atoms with Crippen molar-refractivity contribution in [1.82, 2.24) is 13.9 Å². The highest BCUT2D eigenvalue weighted by atomic mass is 32.2. The van der Waals surface area contributed by atoms with Gasteiger partial charge in [0.2, 0.25) is 0 Å². The number of aryl methyl sites for hydroxylation is 1. The molecule has 0 radical (unpaired) electrons. The van der Waals surface area contributed by atoms with E-state index in [1.807, 2.05) is 6.92 Å². The number of hydrogen-bond donors (Lipinski definition) is 1. The number of alkyl halides is 1. The minimum atomic E-state index is -4.00. The topological polar surface area (TPSA) is 103 Å². The number of nitrogens with zero attached hydrogens (tertiary/aromatic N) is 4. The van der Waals surface area contributed by atoms with Crippen LogP contribution in [0.4, 0.5) is 14.6 Å². The molecule has 144 valence electrons. The number of benzene rings is 1. The smallest absolute Gasteiger partial charge is 0.269 e. The Labute approximate surface area is 158 Å². The third kappa shape index (κ3) is 2.95. The SMILES string of the molecule is Cc1ccc(S(=O)(=O)n2cc(-c3ncc(F)c(N)n3)c3c2=NCC(F)C=3)cc1. The van der Waals surface area contributed by atoms with E-state index in [9.17, 15) is 17.2 Å². The Morgan fingerprint density at radius 2 is 1.96 bits per heavy atom. The van der Waals surface area contributed by atoms with Crippen LogP contribution in [-0.2, 0) is 10.0 Å². The maximum Gasteiger partial charge on any atom is 0.269 e. The molecule has 3 heterocycles. The molecule has 1 aromatic carbocycles. The second-order valence-corrected chi connectivity index (χ2v) is 8.16. The Kier molecular flexibility index (Phi) is 4.22. The number of halogens is 2.